The minimum absolute atomic E-state index is 0.330. The van der Waals surface area contributed by atoms with Crippen molar-refractivity contribution < 1.29 is 9.47 Å². The van der Waals surface area contributed by atoms with Crippen LogP contribution < -0.4 is 15.2 Å². The molecule has 4 nitrogen and oxygen atoms in total. The number of halogens is 1. The van der Waals surface area contributed by atoms with E-state index in [1.807, 2.05) is 6.07 Å². The highest BCUT2D eigenvalue weighted by Gasteiger charge is 2.12. The number of rotatable bonds is 2. The number of nitrogens with zero attached hydrogens (tertiary/aromatic N) is 1. The summed E-state index contributed by atoms with van der Waals surface area (Å²) in [4.78, 5) is 4.20. The molecule has 0 aliphatic carbocycles. The van der Waals surface area contributed by atoms with Gasteiger partial charge in [-0.25, -0.2) is 4.98 Å². The van der Waals surface area contributed by atoms with E-state index >= 15 is 0 Å². The lowest BCUT2D eigenvalue weighted by Crippen LogP contribution is -1.96. The Morgan fingerprint density at radius 3 is 2.62 bits per heavy atom. The van der Waals surface area contributed by atoms with Crippen LogP contribution in [0, 0.1) is 0 Å². The predicted molar refractivity (Wildman–Crippen MR) is 64.3 cm³/mol. The molecule has 2 N–H and O–H groups in total. The van der Waals surface area contributed by atoms with E-state index in [-0.39, 0.29) is 0 Å². The van der Waals surface area contributed by atoms with Gasteiger partial charge in [-0.2, -0.15) is 0 Å². The molecule has 0 spiro atoms. The number of hydrogen-bond donors (Lipinski definition) is 1. The fraction of sp³-hybridized carbons (Fsp3) is 0.182. The molecule has 2 aromatic rings. The summed E-state index contributed by atoms with van der Waals surface area (Å²) in [5.74, 6) is 1.14. The van der Waals surface area contributed by atoms with E-state index in [2.05, 4.69) is 4.98 Å². The summed E-state index contributed by atoms with van der Waals surface area (Å²) in [6.07, 6.45) is 0. The Kier molecular flexibility index (Phi) is 2.75. The van der Waals surface area contributed by atoms with Crippen LogP contribution in [-0.2, 0) is 0 Å². The molecule has 2 rings (SSSR count). The fourth-order valence-electron chi connectivity index (χ4n) is 1.60. The van der Waals surface area contributed by atoms with E-state index in [9.17, 15) is 0 Å². The molecule has 1 aromatic heterocycles. The number of nitrogen functional groups attached to an aromatic ring is 1. The third kappa shape index (κ3) is 1.61. The molecule has 0 fully saturated rings. The van der Waals surface area contributed by atoms with E-state index in [4.69, 9.17) is 26.8 Å². The second-order valence-electron chi connectivity index (χ2n) is 3.23. The van der Waals surface area contributed by atoms with Crippen LogP contribution in [0.4, 0.5) is 5.69 Å². The largest absolute Gasteiger partial charge is 0.493 e. The van der Waals surface area contributed by atoms with Crippen molar-refractivity contribution in [3.05, 3.63) is 23.4 Å². The van der Waals surface area contributed by atoms with Crippen LogP contribution in [0.25, 0.3) is 10.9 Å². The van der Waals surface area contributed by atoms with Gasteiger partial charge in [0.15, 0.2) is 11.5 Å². The van der Waals surface area contributed by atoms with Crippen LogP contribution in [0.1, 0.15) is 0 Å². The Balaban J connectivity index is 2.86. The minimum Gasteiger partial charge on any atom is -0.493 e. The average molecular weight is 239 g/mol. The first kappa shape index (κ1) is 10.8. The number of nitrogens with two attached hydrogens (primary N) is 1. The number of anilines is 1. The van der Waals surface area contributed by atoms with E-state index in [0.717, 1.165) is 5.39 Å². The summed E-state index contributed by atoms with van der Waals surface area (Å²) < 4.78 is 10.4. The molecule has 0 atom stereocenters. The van der Waals surface area contributed by atoms with Crippen LogP contribution in [0.5, 0.6) is 11.5 Å². The van der Waals surface area contributed by atoms with Gasteiger partial charge < -0.3 is 15.2 Å². The van der Waals surface area contributed by atoms with E-state index < -0.39 is 0 Å². The quantitative estimate of drug-likeness (QED) is 0.817. The Morgan fingerprint density at radius 1 is 1.25 bits per heavy atom. The Bertz CT molecular complexity index is 543. The van der Waals surface area contributed by atoms with Crippen molar-refractivity contribution in [1.29, 1.82) is 0 Å². The van der Waals surface area contributed by atoms with Gasteiger partial charge in [-0.05, 0) is 18.2 Å². The number of fused-ring (bicyclic) bond motifs is 1. The van der Waals surface area contributed by atoms with Gasteiger partial charge in [-0.3, -0.25) is 0 Å². The maximum atomic E-state index is 5.86. The first-order valence-electron chi connectivity index (χ1n) is 4.64. The number of ether oxygens (including phenoxy) is 2. The van der Waals surface area contributed by atoms with Gasteiger partial charge in [0.05, 0.1) is 14.2 Å². The second-order valence-corrected chi connectivity index (χ2v) is 3.62. The smallest absolute Gasteiger partial charge is 0.187 e. The molecule has 0 bridgehead atoms. The molecule has 0 radical (unpaired) electrons. The van der Waals surface area contributed by atoms with Gasteiger partial charge in [-0.15, -0.1) is 0 Å². The molecule has 1 heterocycles. The maximum Gasteiger partial charge on any atom is 0.187 e. The van der Waals surface area contributed by atoms with Crippen LogP contribution in [0.3, 0.4) is 0 Å². The Labute approximate surface area is 97.9 Å². The van der Waals surface area contributed by atoms with Gasteiger partial charge in [0.2, 0.25) is 0 Å². The number of benzene rings is 1. The highest BCUT2D eigenvalue weighted by atomic mass is 35.5. The molecular weight excluding hydrogens is 228 g/mol. The molecule has 0 amide bonds. The summed E-state index contributed by atoms with van der Waals surface area (Å²) in [5.41, 5.74) is 7.02. The molecule has 0 aliphatic rings. The summed E-state index contributed by atoms with van der Waals surface area (Å²) in [6.45, 7) is 0. The average Bonchev–Trinajstić information content (AvgIpc) is 2.27. The van der Waals surface area contributed by atoms with Gasteiger partial charge in [0.25, 0.3) is 0 Å². The van der Waals surface area contributed by atoms with Crippen molar-refractivity contribution in [2.45, 2.75) is 0 Å². The van der Waals surface area contributed by atoms with Gasteiger partial charge in [0, 0.05) is 11.1 Å². The van der Waals surface area contributed by atoms with E-state index in [0.29, 0.717) is 27.9 Å². The lowest BCUT2D eigenvalue weighted by atomic mass is 10.1. The monoisotopic (exact) mass is 238 g/mol. The summed E-state index contributed by atoms with van der Waals surface area (Å²) >= 11 is 5.86. The molecule has 0 saturated heterocycles. The standard InChI is InChI=1S/C11H11ClN2O2/c1-15-8-4-3-6-7(13)5-9(12)14-10(6)11(8)16-2/h3-5H,1-2H3,(H2,13,14). The SMILES string of the molecule is COc1ccc2c(N)cc(Cl)nc2c1OC. The first-order valence-corrected chi connectivity index (χ1v) is 5.02. The summed E-state index contributed by atoms with van der Waals surface area (Å²) in [5, 5.41) is 1.12. The van der Waals surface area contributed by atoms with Gasteiger partial charge in [-0.1, -0.05) is 11.6 Å². The third-order valence-electron chi connectivity index (χ3n) is 2.32. The lowest BCUT2D eigenvalue weighted by Gasteiger charge is -2.11. The maximum absolute atomic E-state index is 5.86. The molecule has 0 saturated carbocycles. The highest BCUT2D eigenvalue weighted by Crippen LogP contribution is 2.37. The predicted octanol–water partition coefficient (Wildman–Crippen LogP) is 2.49. The lowest BCUT2D eigenvalue weighted by molar-refractivity contribution is 0.358. The van der Waals surface area contributed by atoms with Crippen molar-refractivity contribution >= 4 is 28.2 Å². The third-order valence-corrected chi connectivity index (χ3v) is 2.52. The number of methoxy groups -OCH3 is 2. The fourth-order valence-corrected chi connectivity index (χ4v) is 1.80. The zero-order chi connectivity index (χ0) is 11.7. The molecule has 5 heteroatoms. The summed E-state index contributed by atoms with van der Waals surface area (Å²) in [7, 11) is 3.12. The van der Waals surface area contributed by atoms with Gasteiger partial charge >= 0.3 is 0 Å². The zero-order valence-electron chi connectivity index (χ0n) is 8.95. The second kappa shape index (κ2) is 4.06. The first-order chi connectivity index (χ1) is 7.67. The molecule has 0 aliphatic heterocycles. The Morgan fingerprint density at radius 2 is 2.00 bits per heavy atom. The van der Waals surface area contributed by atoms with Crippen molar-refractivity contribution in [1.82, 2.24) is 4.98 Å². The Hall–Kier alpha value is -1.68. The number of pyridine rings is 1. The van der Waals surface area contributed by atoms with Crippen LogP contribution in [0.2, 0.25) is 5.15 Å². The molecule has 0 unspecified atom stereocenters. The van der Waals surface area contributed by atoms with Crippen LogP contribution in [-0.4, -0.2) is 19.2 Å². The topological polar surface area (TPSA) is 57.4 Å². The van der Waals surface area contributed by atoms with Crippen LogP contribution in [0.15, 0.2) is 18.2 Å². The van der Waals surface area contributed by atoms with Crippen molar-refractivity contribution in [2.75, 3.05) is 20.0 Å². The summed E-state index contributed by atoms with van der Waals surface area (Å²) in [6, 6.07) is 5.22. The molecule has 84 valence electrons. The molecule has 16 heavy (non-hydrogen) atoms. The van der Waals surface area contributed by atoms with E-state index in [1.54, 1.807) is 26.4 Å². The normalized spacial score (nSPS) is 10.4. The molecular formula is C11H11ClN2O2. The van der Waals surface area contributed by atoms with Crippen LogP contribution >= 0.6 is 11.6 Å². The van der Waals surface area contributed by atoms with Crippen molar-refractivity contribution in [3.63, 3.8) is 0 Å². The molecule has 1 aromatic carbocycles. The van der Waals surface area contributed by atoms with E-state index in [1.165, 1.54) is 0 Å². The zero-order valence-corrected chi connectivity index (χ0v) is 9.71. The van der Waals surface area contributed by atoms with Crippen molar-refractivity contribution in [3.8, 4) is 11.5 Å². The van der Waals surface area contributed by atoms with Gasteiger partial charge in [0.1, 0.15) is 10.7 Å². The number of hydrogen-bond acceptors (Lipinski definition) is 4. The highest BCUT2D eigenvalue weighted by molar-refractivity contribution is 6.30. The number of aromatic nitrogens is 1. The minimum atomic E-state index is 0.330. The van der Waals surface area contributed by atoms with Crippen molar-refractivity contribution in [2.24, 2.45) is 0 Å².